The summed E-state index contributed by atoms with van der Waals surface area (Å²) in [6, 6.07) is 4.45. The van der Waals surface area contributed by atoms with Crippen molar-refractivity contribution >= 4 is 29.5 Å². The van der Waals surface area contributed by atoms with E-state index in [2.05, 4.69) is 35.8 Å². The topological polar surface area (TPSA) is 161 Å². The molecule has 3 rings (SSSR count). The van der Waals surface area contributed by atoms with Gasteiger partial charge in [0.05, 0.1) is 11.9 Å². The van der Waals surface area contributed by atoms with E-state index in [4.69, 9.17) is 17.3 Å². The van der Waals surface area contributed by atoms with E-state index in [0.29, 0.717) is 22.8 Å². The van der Waals surface area contributed by atoms with Crippen molar-refractivity contribution in [3.8, 4) is 11.6 Å². The molecular weight excluding hydrogens is 390 g/mol. The molecule has 2 aromatic heterocycles. The molecule has 0 saturated heterocycles. The van der Waals surface area contributed by atoms with E-state index < -0.39 is 5.91 Å². The number of hydrogen-bond acceptors (Lipinski definition) is 10. The van der Waals surface area contributed by atoms with Crippen molar-refractivity contribution in [3.05, 3.63) is 40.2 Å². The molecule has 1 amide bonds. The second kappa shape index (κ2) is 8.02. The zero-order chi connectivity index (χ0) is 20.3. The number of phenolic OH excluding ortho intramolecular Hbond substituents is 1. The number of nitrogens with two attached hydrogens (primary N) is 1. The molecule has 1 aromatic carbocycles. The summed E-state index contributed by atoms with van der Waals surface area (Å²) < 4.78 is 5.85. The van der Waals surface area contributed by atoms with E-state index in [1.807, 2.05) is 19.0 Å². The summed E-state index contributed by atoms with van der Waals surface area (Å²) in [4.78, 5) is 14.3. The predicted octanol–water partition coefficient (Wildman–Crippen LogP) is 0.417. The minimum Gasteiger partial charge on any atom is -0.507 e. The Morgan fingerprint density at radius 1 is 1.46 bits per heavy atom. The summed E-state index contributed by atoms with van der Waals surface area (Å²) >= 11 is 5.87. The molecule has 146 valence electrons. The van der Waals surface area contributed by atoms with Crippen molar-refractivity contribution in [2.45, 2.75) is 6.54 Å². The second-order valence-electron chi connectivity index (χ2n) is 5.91. The summed E-state index contributed by atoms with van der Waals surface area (Å²) in [5.41, 5.74) is 8.80. The van der Waals surface area contributed by atoms with Gasteiger partial charge in [0, 0.05) is 17.1 Å². The first-order valence-corrected chi connectivity index (χ1v) is 8.24. The number of carbonyl (C=O) groups is 1. The Hall–Kier alpha value is -3.51. The molecule has 0 aliphatic rings. The number of carbonyl (C=O) groups excluding carboxylic acids is 1. The molecule has 28 heavy (non-hydrogen) atoms. The van der Waals surface area contributed by atoms with Gasteiger partial charge < -0.3 is 15.7 Å². The monoisotopic (exact) mass is 405 g/mol. The SMILES string of the molecule is CN(C)Cc1c(C(=O)N/N=C/c2cc(Cl)ccc2O)nnn1-c1nonc1N. The maximum atomic E-state index is 12.5. The third-order valence-corrected chi connectivity index (χ3v) is 3.73. The highest BCUT2D eigenvalue weighted by Crippen LogP contribution is 2.20. The van der Waals surface area contributed by atoms with Crippen LogP contribution in [-0.4, -0.2) is 61.5 Å². The molecule has 0 fully saturated rings. The van der Waals surface area contributed by atoms with E-state index in [9.17, 15) is 9.90 Å². The van der Waals surface area contributed by atoms with Crippen molar-refractivity contribution in [2.75, 3.05) is 19.8 Å². The normalized spacial score (nSPS) is 11.4. The number of rotatable bonds is 6. The zero-order valence-corrected chi connectivity index (χ0v) is 15.6. The van der Waals surface area contributed by atoms with Gasteiger partial charge in [-0.15, -0.1) is 5.10 Å². The van der Waals surface area contributed by atoms with Crippen molar-refractivity contribution in [1.29, 1.82) is 0 Å². The van der Waals surface area contributed by atoms with Gasteiger partial charge in [-0.1, -0.05) is 16.8 Å². The van der Waals surface area contributed by atoms with E-state index >= 15 is 0 Å². The number of hydrogen-bond donors (Lipinski definition) is 3. The average Bonchev–Trinajstić information content (AvgIpc) is 3.23. The Morgan fingerprint density at radius 3 is 2.93 bits per heavy atom. The highest BCUT2D eigenvalue weighted by Gasteiger charge is 2.24. The van der Waals surface area contributed by atoms with Gasteiger partial charge in [-0.3, -0.25) is 4.79 Å². The maximum Gasteiger partial charge on any atom is 0.293 e. The number of hydrazone groups is 1. The number of anilines is 1. The fourth-order valence-corrected chi connectivity index (χ4v) is 2.45. The smallest absolute Gasteiger partial charge is 0.293 e. The molecule has 0 aliphatic carbocycles. The zero-order valence-electron chi connectivity index (χ0n) is 14.9. The van der Waals surface area contributed by atoms with Crippen LogP contribution < -0.4 is 11.2 Å². The number of nitrogens with one attached hydrogen (secondary N) is 1. The Kier molecular flexibility index (Phi) is 5.52. The summed E-state index contributed by atoms with van der Waals surface area (Å²) in [6.07, 6.45) is 1.26. The Morgan fingerprint density at radius 2 is 2.25 bits per heavy atom. The number of phenols is 1. The summed E-state index contributed by atoms with van der Waals surface area (Å²) in [6.45, 7) is 0.306. The number of amides is 1. The van der Waals surface area contributed by atoms with Crippen LogP contribution in [0.5, 0.6) is 5.75 Å². The van der Waals surface area contributed by atoms with Crippen LogP contribution in [0.2, 0.25) is 5.02 Å². The van der Waals surface area contributed by atoms with Gasteiger partial charge >= 0.3 is 0 Å². The summed E-state index contributed by atoms with van der Waals surface area (Å²) in [7, 11) is 3.62. The lowest BCUT2D eigenvalue weighted by molar-refractivity contribution is 0.0948. The number of nitrogen functional groups attached to an aromatic ring is 1. The Balaban J connectivity index is 1.85. The molecular formula is C15H16ClN9O3. The van der Waals surface area contributed by atoms with E-state index in [1.54, 1.807) is 0 Å². The first-order valence-electron chi connectivity index (χ1n) is 7.86. The first-order chi connectivity index (χ1) is 13.4. The van der Waals surface area contributed by atoms with Crippen LogP contribution in [0.15, 0.2) is 27.9 Å². The van der Waals surface area contributed by atoms with Crippen molar-refractivity contribution < 1.29 is 14.5 Å². The summed E-state index contributed by atoms with van der Waals surface area (Å²) in [5, 5.41) is 29.0. The highest BCUT2D eigenvalue weighted by molar-refractivity contribution is 6.30. The van der Waals surface area contributed by atoms with Crippen molar-refractivity contribution in [2.24, 2.45) is 5.10 Å². The predicted molar refractivity (Wildman–Crippen MR) is 99.2 cm³/mol. The van der Waals surface area contributed by atoms with Gasteiger partial charge in [-0.2, -0.15) is 9.78 Å². The van der Waals surface area contributed by atoms with Crippen LogP contribution in [0.25, 0.3) is 5.82 Å². The fraction of sp³-hybridized carbons (Fsp3) is 0.200. The number of aromatic hydroxyl groups is 1. The van der Waals surface area contributed by atoms with Crippen LogP contribution in [0.4, 0.5) is 5.82 Å². The van der Waals surface area contributed by atoms with E-state index in [-0.39, 0.29) is 23.1 Å². The van der Waals surface area contributed by atoms with Crippen LogP contribution in [0.1, 0.15) is 21.7 Å². The number of aromatic nitrogens is 5. The molecule has 2 heterocycles. The third-order valence-electron chi connectivity index (χ3n) is 3.50. The lowest BCUT2D eigenvalue weighted by Crippen LogP contribution is -2.23. The highest BCUT2D eigenvalue weighted by atomic mass is 35.5. The molecule has 0 aliphatic heterocycles. The molecule has 13 heteroatoms. The van der Waals surface area contributed by atoms with Gasteiger partial charge in [0.2, 0.25) is 11.6 Å². The molecule has 0 saturated carbocycles. The van der Waals surface area contributed by atoms with E-state index in [1.165, 1.54) is 29.1 Å². The van der Waals surface area contributed by atoms with Crippen LogP contribution in [0, 0.1) is 0 Å². The van der Waals surface area contributed by atoms with Gasteiger partial charge in [0.1, 0.15) is 5.75 Å². The lowest BCUT2D eigenvalue weighted by atomic mass is 10.2. The minimum atomic E-state index is -0.615. The first kappa shape index (κ1) is 19.3. The van der Waals surface area contributed by atoms with Crippen LogP contribution in [0.3, 0.4) is 0 Å². The summed E-state index contributed by atoms with van der Waals surface area (Å²) in [5.74, 6) is -0.520. The van der Waals surface area contributed by atoms with Gasteiger partial charge in [0.15, 0.2) is 5.69 Å². The van der Waals surface area contributed by atoms with Gasteiger partial charge in [-0.25, -0.2) is 10.1 Å². The maximum absolute atomic E-state index is 12.5. The molecule has 12 nitrogen and oxygen atoms in total. The second-order valence-corrected chi connectivity index (χ2v) is 6.35. The number of halogens is 1. The molecule has 0 atom stereocenters. The quantitative estimate of drug-likeness (QED) is 0.389. The standard InChI is InChI=1S/C15H16ClN9O3/c1-24(2)7-10-12(19-23-25(10)14-13(17)21-28-22-14)15(27)20-18-6-8-5-9(16)3-4-11(8)26/h3-6,26H,7H2,1-2H3,(H2,17,21)(H,20,27)/b18-6+. The van der Waals surface area contributed by atoms with Crippen LogP contribution in [-0.2, 0) is 6.54 Å². The molecule has 0 radical (unpaired) electrons. The van der Waals surface area contributed by atoms with Crippen LogP contribution >= 0.6 is 11.6 Å². The molecule has 0 unspecified atom stereocenters. The van der Waals surface area contributed by atoms with E-state index in [0.717, 1.165) is 0 Å². The minimum absolute atomic E-state index is 0.00585. The fourth-order valence-electron chi connectivity index (χ4n) is 2.27. The largest absolute Gasteiger partial charge is 0.507 e. The Bertz CT molecular complexity index is 1030. The molecule has 0 bridgehead atoms. The average molecular weight is 406 g/mol. The molecule has 4 N–H and O–H groups in total. The van der Waals surface area contributed by atoms with Crippen molar-refractivity contribution in [3.63, 3.8) is 0 Å². The van der Waals surface area contributed by atoms with Crippen molar-refractivity contribution in [1.82, 2.24) is 35.6 Å². The Labute approximate surface area is 163 Å². The molecule has 3 aromatic rings. The number of nitrogens with zero attached hydrogens (tertiary/aromatic N) is 7. The van der Waals surface area contributed by atoms with Gasteiger partial charge in [-0.05, 0) is 42.6 Å². The van der Waals surface area contributed by atoms with Gasteiger partial charge in [0.25, 0.3) is 5.91 Å². The number of benzene rings is 1. The lowest BCUT2D eigenvalue weighted by Gasteiger charge is -2.11. The molecule has 0 spiro atoms. The third kappa shape index (κ3) is 4.07.